The molecule has 0 spiro atoms. The number of urea groups is 1. The van der Waals surface area contributed by atoms with E-state index in [1.54, 1.807) is 5.51 Å². The summed E-state index contributed by atoms with van der Waals surface area (Å²) in [6.07, 6.45) is 3.36. The minimum Gasteiger partial charge on any atom is -0.328 e. The van der Waals surface area contributed by atoms with Crippen molar-refractivity contribution in [2.75, 3.05) is 5.32 Å². The number of carbonyl (C=O) groups is 1. The Morgan fingerprint density at radius 3 is 3.00 bits per heavy atom. The molecule has 0 unspecified atom stereocenters. The summed E-state index contributed by atoms with van der Waals surface area (Å²) in [5.41, 5.74) is 3.49. The van der Waals surface area contributed by atoms with Crippen molar-refractivity contribution in [3.8, 4) is 11.3 Å². The fourth-order valence-corrected chi connectivity index (χ4v) is 3.56. The van der Waals surface area contributed by atoms with E-state index >= 15 is 0 Å². The summed E-state index contributed by atoms with van der Waals surface area (Å²) < 4.78 is 1.84. The zero-order chi connectivity index (χ0) is 16.4. The minimum absolute atomic E-state index is 0.116. The number of aryl methyl sites for hydroxylation is 1. The molecule has 0 bridgehead atoms. The van der Waals surface area contributed by atoms with Gasteiger partial charge in [-0.3, -0.25) is 5.32 Å². The SMILES string of the molecule is O=C(Nc1scnc1-c1ccccc1)N[C@@H]1CCCn2ncnc21. The number of nitrogens with one attached hydrogen (secondary N) is 2. The van der Waals surface area contributed by atoms with Crippen molar-refractivity contribution in [3.63, 3.8) is 0 Å². The molecular formula is C16H16N6OS. The number of thiazole rings is 1. The second-order valence-corrected chi connectivity index (χ2v) is 6.39. The number of hydrogen-bond donors (Lipinski definition) is 2. The molecule has 0 saturated heterocycles. The van der Waals surface area contributed by atoms with Gasteiger partial charge in [0.1, 0.15) is 22.8 Å². The lowest BCUT2D eigenvalue weighted by Gasteiger charge is -2.23. The molecule has 2 N–H and O–H groups in total. The van der Waals surface area contributed by atoms with Crippen molar-refractivity contribution in [2.45, 2.75) is 25.4 Å². The third-order valence-corrected chi connectivity index (χ3v) is 4.71. The summed E-state index contributed by atoms with van der Waals surface area (Å²) in [6.45, 7) is 0.849. The maximum Gasteiger partial charge on any atom is 0.320 e. The van der Waals surface area contributed by atoms with E-state index in [4.69, 9.17) is 0 Å². The first-order chi connectivity index (χ1) is 11.8. The van der Waals surface area contributed by atoms with E-state index in [-0.39, 0.29) is 12.1 Å². The number of benzene rings is 1. The Morgan fingerprint density at radius 1 is 1.25 bits per heavy atom. The van der Waals surface area contributed by atoms with Gasteiger partial charge in [-0.05, 0) is 12.8 Å². The van der Waals surface area contributed by atoms with E-state index in [0.717, 1.165) is 41.5 Å². The molecule has 7 nitrogen and oxygen atoms in total. The zero-order valence-corrected chi connectivity index (χ0v) is 13.7. The van der Waals surface area contributed by atoms with Crippen molar-refractivity contribution in [1.82, 2.24) is 25.1 Å². The summed E-state index contributed by atoms with van der Waals surface area (Å²) in [7, 11) is 0. The third-order valence-electron chi connectivity index (χ3n) is 3.97. The normalized spacial score (nSPS) is 16.4. The first-order valence-corrected chi connectivity index (χ1v) is 8.63. The van der Waals surface area contributed by atoms with E-state index in [1.807, 2.05) is 35.0 Å². The summed E-state index contributed by atoms with van der Waals surface area (Å²) in [5, 5.41) is 10.8. The van der Waals surface area contributed by atoms with E-state index in [0.29, 0.717) is 0 Å². The number of rotatable bonds is 3. The van der Waals surface area contributed by atoms with Gasteiger partial charge in [0.15, 0.2) is 0 Å². The molecule has 0 fully saturated rings. The highest BCUT2D eigenvalue weighted by Crippen LogP contribution is 2.30. The fraction of sp³-hybridized carbons (Fsp3) is 0.250. The van der Waals surface area contributed by atoms with Gasteiger partial charge in [-0.25, -0.2) is 19.4 Å². The summed E-state index contributed by atoms with van der Waals surface area (Å²) in [4.78, 5) is 21.0. The predicted octanol–water partition coefficient (Wildman–Crippen LogP) is 3.06. The second kappa shape index (κ2) is 6.40. The number of nitrogens with zero attached hydrogens (tertiary/aromatic N) is 4. The van der Waals surface area contributed by atoms with Gasteiger partial charge >= 0.3 is 6.03 Å². The van der Waals surface area contributed by atoms with Crippen molar-refractivity contribution in [2.24, 2.45) is 0 Å². The molecule has 0 radical (unpaired) electrons. The Balaban J connectivity index is 1.48. The van der Waals surface area contributed by atoms with Crippen molar-refractivity contribution in [3.05, 3.63) is 48.0 Å². The van der Waals surface area contributed by atoms with Gasteiger partial charge in [-0.1, -0.05) is 30.3 Å². The molecule has 1 aromatic carbocycles. The monoisotopic (exact) mass is 340 g/mol. The van der Waals surface area contributed by atoms with Crippen LogP contribution in [-0.4, -0.2) is 25.8 Å². The maximum atomic E-state index is 12.4. The number of anilines is 1. The minimum atomic E-state index is -0.252. The van der Waals surface area contributed by atoms with Crippen LogP contribution < -0.4 is 10.6 Å². The topological polar surface area (TPSA) is 84.7 Å². The summed E-state index contributed by atoms with van der Waals surface area (Å²) in [5.74, 6) is 0.809. The summed E-state index contributed by atoms with van der Waals surface area (Å²) >= 11 is 1.41. The first kappa shape index (κ1) is 14.8. The maximum absolute atomic E-state index is 12.4. The highest BCUT2D eigenvalue weighted by molar-refractivity contribution is 7.14. The molecule has 1 aliphatic rings. The largest absolute Gasteiger partial charge is 0.328 e. The first-order valence-electron chi connectivity index (χ1n) is 7.75. The smallest absolute Gasteiger partial charge is 0.320 e. The van der Waals surface area contributed by atoms with Crippen LogP contribution in [0.2, 0.25) is 0 Å². The van der Waals surface area contributed by atoms with Crippen LogP contribution in [-0.2, 0) is 6.54 Å². The molecule has 0 saturated carbocycles. The zero-order valence-electron chi connectivity index (χ0n) is 12.8. The molecule has 8 heteroatoms. The predicted molar refractivity (Wildman–Crippen MR) is 91.7 cm³/mol. The van der Waals surface area contributed by atoms with Gasteiger partial charge in [-0.15, -0.1) is 11.3 Å². The van der Waals surface area contributed by atoms with Gasteiger partial charge in [0.25, 0.3) is 0 Å². The third kappa shape index (κ3) is 2.88. The van der Waals surface area contributed by atoms with Gasteiger partial charge in [0, 0.05) is 12.1 Å². The lowest BCUT2D eigenvalue weighted by Crippen LogP contribution is -2.36. The number of hydrogen-bond acceptors (Lipinski definition) is 5. The van der Waals surface area contributed by atoms with Crippen LogP contribution in [0.5, 0.6) is 0 Å². The number of fused-ring (bicyclic) bond motifs is 1. The number of carbonyl (C=O) groups excluding carboxylic acids is 1. The molecule has 2 aromatic heterocycles. The fourth-order valence-electron chi connectivity index (χ4n) is 2.86. The van der Waals surface area contributed by atoms with Crippen LogP contribution in [0.15, 0.2) is 42.2 Å². The molecule has 2 amide bonds. The van der Waals surface area contributed by atoms with Crippen LogP contribution in [0.3, 0.4) is 0 Å². The van der Waals surface area contributed by atoms with Gasteiger partial charge in [0.05, 0.1) is 11.6 Å². The van der Waals surface area contributed by atoms with Crippen LogP contribution in [0, 0.1) is 0 Å². The van der Waals surface area contributed by atoms with Crippen LogP contribution in [0.25, 0.3) is 11.3 Å². The molecule has 24 heavy (non-hydrogen) atoms. The average Bonchev–Trinajstić information content (AvgIpc) is 3.25. The van der Waals surface area contributed by atoms with Crippen molar-refractivity contribution >= 4 is 22.4 Å². The Bertz CT molecular complexity index is 843. The number of amides is 2. The standard InChI is InChI=1S/C16H16N6OS/c23-16(20-12-7-4-8-22-14(12)17-9-19-22)21-15-13(18-10-24-15)11-5-2-1-3-6-11/h1-3,5-6,9-10,12H,4,7-8H2,(H2,20,21,23)/t12-/m1/s1. The Morgan fingerprint density at radius 2 is 2.12 bits per heavy atom. The quantitative estimate of drug-likeness (QED) is 0.767. The molecule has 4 rings (SSSR count). The highest BCUT2D eigenvalue weighted by atomic mass is 32.1. The van der Waals surface area contributed by atoms with Crippen LogP contribution >= 0.6 is 11.3 Å². The molecule has 1 atom stereocenters. The van der Waals surface area contributed by atoms with Crippen molar-refractivity contribution in [1.29, 1.82) is 0 Å². The van der Waals surface area contributed by atoms with E-state index < -0.39 is 0 Å². The van der Waals surface area contributed by atoms with Gasteiger partial charge in [-0.2, -0.15) is 5.10 Å². The molecule has 0 aliphatic carbocycles. The average molecular weight is 340 g/mol. The van der Waals surface area contributed by atoms with E-state index in [2.05, 4.69) is 25.7 Å². The Labute approximate surface area is 142 Å². The molecule has 3 heterocycles. The van der Waals surface area contributed by atoms with Gasteiger partial charge in [0.2, 0.25) is 0 Å². The highest BCUT2D eigenvalue weighted by Gasteiger charge is 2.24. The van der Waals surface area contributed by atoms with Crippen LogP contribution in [0.4, 0.5) is 9.80 Å². The molecule has 122 valence electrons. The van der Waals surface area contributed by atoms with Gasteiger partial charge < -0.3 is 5.32 Å². The lowest BCUT2D eigenvalue weighted by atomic mass is 10.1. The molecule has 3 aromatic rings. The van der Waals surface area contributed by atoms with E-state index in [1.165, 1.54) is 17.7 Å². The van der Waals surface area contributed by atoms with Crippen LogP contribution in [0.1, 0.15) is 24.7 Å². The molecule has 1 aliphatic heterocycles. The number of aromatic nitrogens is 4. The Kier molecular flexibility index (Phi) is 3.96. The van der Waals surface area contributed by atoms with Crippen molar-refractivity contribution < 1.29 is 4.79 Å². The van der Waals surface area contributed by atoms with E-state index in [9.17, 15) is 4.79 Å². The second-order valence-electron chi connectivity index (χ2n) is 5.53. The lowest BCUT2D eigenvalue weighted by molar-refractivity contribution is 0.244. The molecular weight excluding hydrogens is 324 g/mol. The summed E-state index contributed by atoms with van der Waals surface area (Å²) in [6, 6.07) is 9.44. The Hall–Kier alpha value is -2.74.